The predicted molar refractivity (Wildman–Crippen MR) is 118 cm³/mol. The number of carboxylic acids is 1. The van der Waals surface area contributed by atoms with Crippen molar-refractivity contribution >= 4 is 5.97 Å². The Bertz CT molecular complexity index is 1040. The lowest BCUT2D eigenvalue weighted by molar-refractivity contribution is 0.0653. The van der Waals surface area contributed by atoms with Crippen molar-refractivity contribution in [2.75, 3.05) is 6.61 Å². The Kier molecular flexibility index (Phi) is 5.49. The van der Waals surface area contributed by atoms with Gasteiger partial charge in [-0.15, -0.1) is 0 Å². The number of carbonyl (C=O) groups is 1. The molecule has 154 valence electrons. The minimum atomic E-state index is -0.910. The van der Waals surface area contributed by atoms with Gasteiger partial charge in [0.1, 0.15) is 17.1 Å². The van der Waals surface area contributed by atoms with Crippen LogP contribution in [0.4, 0.5) is 0 Å². The van der Waals surface area contributed by atoms with Gasteiger partial charge >= 0.3 is 5.97 Å². The van der Waals surface area contributed by atoms with Crippen molar-refractivity contribution in [2.45, 2.75) is 38.7 Å². The lowest BCUT2D eigenvalue weighted by Crippen LogP contribution is -2.38. The molecule has 1 atom stereocenters. The van der Waals surface area contributed by atoms with Crippen LogP contribution in [0.15, 0.2) is 66.7 Å². The highest BCUT2D eigenvalue weighted by Gasteiger charge is 2.32. The molecule has 0 aliphatic carbocycles. The third-order valence-electron chi connectivity index (χ3n) is 5.62. The van der Waals surface area contributed by atoms with Crippen LogP contribution in [0, 0.1) is 0 Å². The van der Waals surface area contributed by atoms with Crippen molar-refractivity contribution in [1.82, 2.24) is 0 Å². The van der Waals surface area contributed by atoms with Gasteiger partial charge in [0.25, 0.3) is 0 Å². The number of hydrogen-bond donors (Lipinski definition) is 1. The van der Waals surface area contributed by atoms with E-state index in [-0.39, 0.29) is 5.60 Å². The van der Waals surface area contributed by atoms with Crippen LogP contribution in [0.25, 0.3) is 11.1 Å². The Morgan fingerprint density at radius 1 is 1.03 bits per heavy atom. The molecular weight excluding hydrogens is 376 g/mol. The summed E-state index contributed by atoms with van der Waals surface area (Å²) in [5.74, 6) is 0.915. The Hall–Kier alpha value is -3.27. The van der Waals surface area contributed by atoms with Gasteiger partial charge in [0.2, 0.25) is 0 Å². The first-order chi connectivity index (χ1) is 14.5. The van der Waals surface area contributed by atoms with Gasteiger partial charge in [-0.1, -0.05) is 30.3 Å². The van der Waals surface area contributed by atoms with Crippen LogP contribution >= 0.6 is 0 Å². The van der Waals surface area contributed by atoms with Crippen molar-refractivity contribution in [2.24, 2.45) is 0 Å². The molecule has 0 saturated heterocycles. The van der Waals surface area contributed by atoms with Gasteiger partial charge in [-0.25, -0.2) is 4.79 Å². The lowest BCUT2D eigenvalue weighted by Gasteiger charge is -2.36. The van der Waals surface area contributed by atoms with E-state index in [1.54, 1.807) is 12.1 Å². The van der Waals surface area contributed by atoms with E-state index in [1.807, 2.05) is 43.3 Å². The first kappa shape index (κ1) is 20.0. The van der Waals surface area contributed by atoms with E-state index in [2.05, 4.69) is 25.1 Å². The second kappa shape index (κ2) is 8.23. The third kappa shape index (κ3) is 4.33. The van der Waals surface area contributed by atoms with Crippen molar-refractivity contribution in [3.8, 4) is 22.6 Å². The Labute approximate surface area is 177 Å². The lowest BCUT2D eigenvalue weighted by atomic mass is 9.86. The van der Waals surface area contributed by atoms with Crippen LogP contribution in [-0.4, -0.2) is 23.3 Å². The zero-order valence-corrected chi connectivity index (χ0v) is 17.4. The number of carboxylic acid groups (broad SMARTS) is 1. The molecule has 0 spiro atoms. The number of benzene rings is 3. The molecular formula is C26H26O4. The molecule has 30 heavy (non-hydrogen) atoms. The van der Waals surface area contributed by atoms with Crippen LogP contribution < -0.4 is 9.47 Å². The molecule has 0 fully saturated rings. The molecule has 4 heteroatoms. The van der Waals surface area contributed by atoms with E-state index >= 15 is 0 Å². The van der Waals surface area contributed by atoms with Crippen molar-refractivity contribution in [1.29, 1.82) is 0 Å². The summed E-state index contributed by atoms with van der Waals surface area (Å²) in [6, 6.07) is 21.5. The topological polar surface area (TPSA) is 55.8 Å². The quantitative estimate of drug-likeness (QED) is 0.568. The van der Waals surface area contributed by atoms with Crippen LogP contribution in [0.5, 0.6) is 11.5 Å². The van der Waals surface area contributed by atoms with Crippen LogP contribution in [-0.2, 0) is 12.8 Å². The number of rotatable bonds is 6. The van der Waals surface area contributed by atoms with E-state index in [0.29, 0.717) is 12.2 Å². The van der Waals surface area contributed by atoms with Crippen molar-refractivity contribution in [3.63, 3.8) is 0 Å². The molecule has 0 unspecified atom stereocenters. The second-order valence-electron chi connectivity index (χ2n) is 8.01. The summed E-state index contributed by atoms with van der Waals surface area (Å²) in [4.78, 5) is 11.1. The molecule has 0 bridgehead atoms. The molecule has 1 N–H and O–H groups in total. The fourth-order valence-electron chi connectivity index (χ4n) is 4.00. The molecule has 0 saturated carbocycles. The molecule has 1 heterocycles. The van der Waals surface area contributed by atoms with Crippen molar-refractivity contribution in [3.05, 3.63) is 83.4 Å². The standard InChI is InChI=1S/C26H26O4/c1-3-29-23-11-4-18(5-12-23)17-26(2)15-14-22-16-21(10-13-24(22)30-26)19-6-8-20(9-7-19)25(27)28/h4-13,16H,3,14-15,17H2,1-2H3,(H,27,28)/t26-/m0/s1. The van der Waals surface area contributed by atoms with Gasteiger partial charge in [0.15, 0.2) is 0 Å². The second-order valence-corrected chi connectivity index (χ2v) is 8.01. The van der Waals surface area contributed by atoms with E-state index in [0.717, 1.165) is 41.9 Å². The summed E-state index contributed by atoms with van der Waals surface area (Å²) in [5.41, 5.74) is 4.56. The summed E-state index contributed by atoms with van der Waals surface area (Å²) in [5, 5.41) is 9.07. The van der Waals surface area contributed by atoms with Gasteiger partial charge in [-0.05, 0) is 85.3 Å². The maximum Gasteiger partial charge on any atom is 0.335 e. The number of hydrogen-bond acceptors (Lipinski definition) is 3. The Balaban J connectivity index is 1.49. The molecule has 0 radical (unpaired) electrons. The van der Waals surface area contributed by atoms with Gasteiger partial charge in [0, 0.05) is 6.42 Å². The van der Waals surface area contributed by atoms with Gasteiger partial charge in [-0.3, -0.25) is 0 Å². The summed E-state index contributed by atoms with van der Waals surface area (Å²) in [6.45, 7) is 4.83. The average molecular weight is 402 g/mol. The highest BCUT2D eigenvalue weighted by atomic mass is 16.5. The van der Waals surface area contributed by atoms with E-state index in [9.17, 15) is 4.79 Å². The summed E-state index contributed by atoms with van der Waals surface area (Å²) in [7, 11) is 0. The molecule has 0 amide bonds. The van der Waals surface area contributed by atoms with E-state index in [4.69, 9.17) is 14.6 Å². The molecule has 0 aromatic heterocycles. The molecule has 4 rings (SSSR count). The molecule has 4 nitrogen and oxygen atoms in total. The number of aromatic carboxylic acids is 1. The fraction of sp³-hybridized carbons (Fsp3) is 0.269. The summed E-state index contributed by atoms with van der Waals surface area (Å²) in [6.07, 6.45) is 2.73. The highest BCUT2D eigenvalue weighted by molar-refractivity contribution is 5.88. The monoisotopic (exact) mass is 402 g/mol. The summed E-state index contributed by atoms with van der Waals surface area (Å²) < 4.78 is 12.0. The first-order valence-electron chi connectivity index (χ1n) is 10.3. The number of aryl methyl sites for hydroxylation is 1. The SMILES string of the molecule is CCOc1ccc(C[C@]2(C)CCc3cc(-c4ccc(C(=O)O)cc4)ccc3O2)cc1. The fourth-order valence-corrected chi connectivity index (χ4v) is 4.00. The zero-order valence-electron chi connectivity index (χ0n) is 17.4. The molecule has 1 aliphatic rings. The van der Waals surface area contributed by atoms with Crippen LogP contribution in [0.2, 0.25) is 0 Å². The maximum absolute atomic E-state index is 11.1. The van der Waals surface area contributed by atoms with E-state index in [1.165, 1.54) is 11.1 Å². The summed E-state index contributed by atoms with van der Waals surface area (Å²) >= 11 is 0. The average Bonchev–Trinajstić information content (AvgIpc) is 2.75. The van der Waals surface area contributed by atoms with Gasteiger partial charge < -0.3 is 14.6 Å². The number of ether oxygens (including phenoxy) is 2. The Morgan fingerprint density at radius 3 is 2.40 bits per heavy atom. The van der Waals surface area contributed by atoms with Gasteiger partial charge in [0.05, 0.1) is 12.2 Å². The number of fused-ring (bicyclic) bond motifs is 1. The minimum absolute atomic E-state index is 0.245. The largest absolute Gasteiger partial charge is 0.494 e. The first-order valence-corrected chi connectivity index (χ1v) is 10.3. The van der Waals surface area contributed by atoms with Crippen molar-refractivity contribution < 1.29 is 19.4 Å². The van der Waals surface area contributed by atoms with Crippen LogP contribution in [0.1, 0.15) is 41.8 Å². The smallest absolute Gasteiger partial charge is 0.335 e. The molecule has 3 aromatic carbocycles. The normalized spacial score (nSPS) is 17.7. The zero-order chi connectivity index (χ0) is 21.1. The molecule has 3 aromatic rings. The minimum Gasteiger partial charge on any atom is -0.494 e. The highest BCUT2D eigenvalue weighted by Crippen LogP contribution is 2.37. The third-order valence-corrected chi connectivity index (χ3v) is 5.62. The van der Waals surface area contributed by atoms with E-state index < -0.39 is 5.97 Å². The molecule has 1 aliphatic heterocycles. The van der Waals surface area contributed by atoms with Crippen LogP contribution in [0.3, 0.4) is 0 Å². The predicted octanol–water partition coefficient (Wildman–Crippen LogP) is 5.78. The Morgan fingerprint density at radius 2 is 1.73 bits per heavy atom. The van der Waals surface area contributed by atoms with Gasteiger partial charge in [-0.2, -0.15) is 0 Å². The maximum atomic E-state index is 11.1.